The number of ketones is 1. The molecule has 0 saturated carbocycles. The summed E-state index contributed by atoms with van der Waals surface area (Å²) in [5.41, 5.74) is 5.20. The molecule has 2 aromatic heterocycles. The molecule has 0 aliphatic carbocycles. The predicted octanol–water partition coefficient (Wildman–Crippen LogP) is 1.93. The topological polar surface area (TPSA) is 119 Å². The molecule has 0 radical (unpaired) electrons. The van der Waals surface area contributed by atoms with Gasteiger partial charge in [-0.2, -0.15) is 5.43 Å². The number of carbonyl (C=O) groups excluding carboxylic acids is 3. The summed E-state index contributed by atoms with van der Waals surface area (Å²) in [6, 6.07) is 8.02. The van der Waals surface area contributed by atoms with Crippen molar-refractivity contribution in [3.05, 3.63) is 42.2 Å². The third kappa shape index (κ3) is 3.95. The lowest BCUT2D eigenvalue weighted by Gasteiger charge is -2.52. The van der Waals surface area contributed by atoms with Gasteiger partial charge in [0.25, 0.3) is 5.91 Å². The van der Waals surface area contributed by atoms with Crippen molar-refractivity contribution >= 4 is 39.5 Å². The van der Waals surface area contributed by atoms with Crippen molar-refractivity contribution in [2.45, 2.75) is 31.7 Å². The highest BCUT2D eigenvalue weighted by Gasteiger charge is 2.56. The number of amides is 3. The Kier molecular flexibility index (Phi) is 5.88. The third-order valence-corrected chi connectivity index (χ3v) is 8.81. The van der Waals surface area contributed by atoms with Crippen LogP contribution in [-0.2, 0) is 4.79 Å². The second-order valence-corrected chi connectivity index (χ2v) is 10.8. The molecule has 6 rings (SSSR count). The molecule has 1 spiro atoms. The van der Waals surface area contributed by atoms with Gasteiger partial charge in [-0.1, -0.05) is 18.2 Å². The molecule has 3 aromatic rings. The van der Waals surface area contributed by atoms with Crippen LogP contribution in [0.2, 0.25) is 0 Å². The predicted molar refractivity (Wildman–Crippen MR) is 140 cm³/mol. The van der Waals surface area contributed by atoms with E-state index in [-0.39, 0.29) is 18.0 Å². The van der Waals surface area contributed by atoms with Gasteiger partial charge >= 0.3 is 6.03 Å². The number of rotatable bonds is 3. The fourth-order valence-corrected chi connectivity index (χ4v) is 6.81. The van der Waals surface area contributed by atoms with Crippen LogP contribution in [0.15, 0.2) is 36.7 Å². The molecule has 4 N–H and O–H groups in total. The second kappa shape index (κ2) is 9.11. The van der Waals surface area contributed by atoms with Crippen LogP contribution in [0.3, 0.4) is 0 Å². The number of Topliss-reactive ketones (excluding diaryl/α,β-unsaturated/α-hetero) is 1. The van der Waals surface area contributed by atoms with Crippen molar-refractivity contribution in [2.24, 2.45) is 5.41 Å². The second-order valence-electron chi connectivity index (χ2n) is 10.8. The molecule has 3 aliphatic rings. The van der Waals surface area contributed by atoms with E-state index in [1.807, 2.05) is 29.2 Å². The number of urea groups is 1. The first kappa shape index (κ1) is 23.9. The zero-order chi connectivity index (χ0) is 25.6. The molecule has 3 amide bonds. The largest absolute Gasteiger partial charge is 0.354 e. The average Bonchev–Trinajstić information content (AvgIpc) is 3.55. The fraction of sp³-hybridized carbons (Fsp3) is 0.481. The lowest BCUT2D eigenvalue weighted by Crippen LogP contribution is -2.73. The summed E-state index contributed by atoms with van der Waals surface area (Å²) in [6.45, 7) is 3.85. The van der Waals surface area contributed by atoms with Crippen LogP contribution >= 0.6 is 0 Å². The maximum atomic E-state index is 14.0. The summed E-state index contributed by atoms with van der Waals surface area (Å²) in [4.78, 5) is 49.0. The molecule has 0 bridgehead atoms. The summed E-state index contributed by atoms with van der Waals surface area (Å²) in [5.74, 6) is 0.108. The summed E-state index contributed by atoms with van der Waals surface area (Å²) < 4.78 is 0.366. The van der Waals surface area contributed by atoms with Gasteiger partial charge in [-0.05, 0) is 19.0 Å². The Morgan fingerprint density at radius 2 is 1.97 bits per heavy atom. The van der Waals surface area contributed by atoms with Crippen molar-refractivity contribution < 1.29 is 19.0 Å². The van der Waals surface area contributed by atoms with E-state index in [9.17, 15) is 14.4 Å². The highest BCUT2D eigenvalue weighted by atomic mass is 16.2. The molecule has 10 heteroatoms. The van der Waals surface area contributed by atoms with Crippen LogP contribution in [0.4, 0.5) is 4.79 Å². The molecule has 10 nitrogen and oxygen atoms in total. The number of piperidine rings is 2. The number of H-pyrrole nitrogens is 1. The minimum atomic E-state index is -0.463. The highest BCUT2D eigenvalue weighted by Crippen LogP contribution is 2.39. The minimum Gasteiger partial charge on any atom is -0.354 e. The highest BCUT2D eigenvalue weighted by molar-refractivity contribution is 6.14. The average molecular weight is 505 g/mol. The minimum absolute atomic E-state index is 0.0733. The molecule has 5 heterocycles. The van der Waals surface area contributed by atoms with Crippen molar-refractivity contribution in [1.82, 2.24) is 30.9 Å². The molecule has 194 valence electrons. The molecule has 2 unspecified atom stereocenters. The van der Waals surface area contributed by atoms with Crippen molar-refractivity contribution in [1.29, 1.82) is 0 Å². The lowest BCUT2D eigenvalue weighted by molar-refractivity contribution is -0.990. The number of para-hydroxylation sites is 1. The molecule has 3 aliphatic heterocycles. The van der Waals surface area contributed by atoms with E-state index < -0.39 is 5.41 Å². The van der Waals surface area contributed by atoms with E-state index in [1.54, 1.807) is 19.4 Å². The number of aromatic amines is 1. The number of nitrogens with zero attached hydrogens (tertiary/aromatic N) is 3. The molecule has 2 atom stereocenters. The first-order valence-electron chi connectivity index (χ1n) is 13.2. The number of fused-ring (bicyclic) bond motifs is 3. The van der Waals surface area contributed by atoms with Gasteiger partial charge in [-0.15, -0.1) is 0 Å². The van der Waals surface area contributed by atoms with E-state index in [1.165, 1.54) is 0 Å². The molecule has 3 saturated heterocycles. The van der Waals surface area contributed by atoms with E-state index >= 15 is 0 Å². The Labute approximate surface area is 215 Å². The van der Waals surface area contributed by atoms with Gasteiger partial charge in [-0.25, -0.2) is 9.39 Å². The van der Waals surface area contributed by atoms with Crippen LogP contribution in [0.5, 0.6) is 0 Å². The first-order chi connectivity index (χ1) is 17.9. The van der Waals surface area contributed by atoms with E-state index in [4.69, 9.17) is 0 Å². The Balaban J connectivity index is 1.35. The maximum Gasteiger partial charge on any atom is 0.317 e. The lowest BCUT2D eigenvalue weighted by atomic mass is 9.76. The van der Waals surface area contributed by atoms with Crippen molar-refractivity contribution in [3.63, 3.8) is 0 Å². The van der Waals surface area contributed by atoms with E-state index in [0.717, 1.165) is 47.6 Å². The smallest absolute Gasteiger partial charge is 0.317 e. The normalized spacial score (nSPS) is 26.7. The Morgan fingerprint density at radius 1 is 1.16 bits per heavy atom. The van der Waals surface area contributed by atoms with E-state index in [2.05, 4.69) is 26.0 Å². The summed E-state index contributed by atoms with van der Waals surface area (Å²) in [5, 5.41) is 8.05. The van der Waals surface area contributed by atoms with Gasteiger partial charge in [0.1, 0.15) is 19.1 Å². The first-order valence-corrected chi connectivity index (χ1v) is 13.2. The third-order valence-electron chi connectivity index (χ3n) is 8.81. The molecular formula is C27H34N7O3+. The summed E-state index contributed by atoms with van der Waals surface area (Å²) >= 11 is 0. The fourth-order valence-electron chi connectivity index (χ4n) is 6.81. The van der Waals surface area contributed by atoms with Gasteiger partial charge in [0, 0.05) is 68.2 Å². The van der Waals surface area contributed by atoms with Gasteiger partial charge < -0.3 is 20.5 Å². The quantitative estimate of drug-likeness (QED) is 0.407. The summed E-state index contributed by atoms with van der Waals surface area (Å²) in [6.07, 6.45) is 6.17. The Hall–Kier alpha value is -3.50. The standard InChI is InChI=1S/C27H33N7O3/c1-28-26(37)33-11-6-18(7-12-33)34(13-8-23(35)27(17-34)9-10-29-16-27)32-25(36)21-15-30-14-20-19-4-2-3-5-22(19)31-24(20)21/h2-5,14-15,18,29H,6-13,16-17H2,1H3,(H2-,28,30,31,32,36,37)/p+1. The van der Waals surface area contributed by atoms with Gasteiger partial charge in [-0.3, -0.25) is 14.6 Å². The van der Waals surface area contributed by atoms with E-state index in [0.29, 0.717) is 55.1 Å². The molecule has 3 fully saturated rings. The summed E-state index contributed by atoms with van der Waals surface area (Å²) in [7, 11) is 1.65. The SMILES string of the molecule is CNC(=O)N1CCC([N+]2(NC(=O)c3cncc4c3[nH]c3ccccc34)CCC(=O)C3(CCNC3)C2)CC1. The number of benzene rings is 1. The van der Waals surface area contributed by atoms with Crippen LogP contribution in [0.25, 0.3) is 21.8 Å². The van der Waals surface area contributed by atoms with Crippen molar-refractivity contribution in [3.8, 4) is 0 Å². The zero-order valence-electron chi connectivity index (χ0n) is 21.2. The number of quaternary nitrogens is 1. The Morgan fingerprint density at radius 3 is 2.73 bits per heavy atom. The number of nitrogens with one attached hydrogen (secondary N) is 4. The number of hydrogen-bond acceptors (Lipinski definition) is 5. The number of pyridine rings is 1. The maximum absolute atomic E-state index is 14.0. The molecular weight excluding hydrogens is 470 g/mol. The molecule has 1 aromatic carbocycles. The van der Waals surface area contributed by atoms with Gasteiger partial charge in [0.15, 0.2) is 5.78 Å². The van der Waals surface area contributed by atoms with Crippen LogP contribution in [0.1, 0.15) is 36.0 Å². The number of hydrogen-bond donors (Lipinski definition) is 4. The number of likely N-dealkylation sites (tertiary alicyclic amines) is 2. The Bertz CT molecular complexity index is 1370. The van der Waals surface area contributed by atoms with Crippen molar-refractivity contribution in [2.75, 3.05) is 46.3 Å². The molecule has 37 heavy (non-hydrogen) atoms. The van der Waals surface area contributed by atoms with Crippen LogP contribution < -0.4 is 16.1 Å². The van der Waals surface area contributed by atoms with Crippen LogP contribution in [-0.4, -0.2) is 89.5 Å². The monoisotopic (exact) mass is 504 g/mol. The van der Waals surface area contributed by atoms with Crippen LogP contribution in [0, 0.1) is 5.41 Å². The zero-order valence-corrected chi connectivity index (χ0v) is 21.2. The number of carbonyl (C=O) groups is 3. The number of aromatic nitrogens is 2. The van der Waals surface area contributed by atoms with Gasteiger partial charge in [0.2, 0.25) is 0 Å². The van der Waals surface area contributed by atoms with Gasteiger partial charge in [0.05, 0.1) is 22.9 Å².